The summed E-state index contributed by atoms with van der Waals surface area (Å²) in [6.07, 6.45) is 4.16. The average molecular weight is 571 g/mol. The summed E-state index contributed by atoms with van der Waals surface area (Å²) in [5.41, 5.74) is 4.55. The molecular weight excluding hydrogens is 532 g/mol. The van der Waals surface area contributed by atoms with Gasteiger partial charge in [-0.2, -0.15) is 5.26 Å². The highest BCUT2D eigenvalue weighted by molar-refractivity contribution is 5.89. The van der Waals surface area contributed by atoms with Gasteiger partial charge in [-0.1, -0.05) is 6.07 Å². The topological polar surface area (TPSA) is 113 Å². The standard InChI is InChI=1S/C32H38N6O4/c1-20(24-16-29(39)34-18-24)41-28-15-22(14-26-30(28)38(19-35-26)25-6-7-25)21-5-8-27(23(13-21)17-33)36-9-11-37(12-10-36)31(40)42-32(2,3)4/h5,8,13-15,19-20,24-25H,6-7,9-12,16,18H2,1-4H3,(H,34,39)/t20-,24-/m1/s1. The molecule has 1 saturated carbocycles. The first-order valence-electron chi connectivity index (χ1n) is 14.8. The molecule has 2 aromatic carbocycles. The fraction of sp³-hybridized carbons (Fsp3) is 0.500. The minimum Gasteiger partial charge on any atom is -0.488 e. The van der Waals surface area contributed by atoms with E-state index in [2.05, 4.69) is 26.9 Å². The Kier molecular flexibility index (Phi) is 7.21. The predicted octanol–water partition coefficient (Wildman–Crippen LogP) is 4.87. The first kappa shape index (κ1) is 27.9. The molecule has 10 nitrogen and oxygen atoms in total. The SMILES string of the molecule is C[C@@H](Oc1cc(-c2ccc(N3CCN(C(=O)OC(C)(C)C)CC3)c(C#N)c2)cc2ncn(C3CC3)c12)[C@H]1CNC(=O)C1. The van der Waals surface area contributed by atoms with Crippen LogP contribution in [-0.2, 0) is 9.53 Å². The third-order valence-corrected chi connectivity index (χ3v) is 8.28. The van der Waals surface area contributed by atoms with Crippen molar-refractivity contribution in [3.05, 3.63) is 42.2 Å². The second kappa shape index (κ2) is 10.9. The fourth-order valence-corrected chi connectivity index (χ4v) is 5.81. The van der Waals surface area contributed by atoms with E-state index < -0.39 is 5.60 Å². The van der Waals surface area contributed by atoms with Crippen LogP contribution in [0.15, 0.2) is 36.7 Å². The van der Waals surface area contributed by atoms with Crippen molar-refractivity contribution < 1.29 is 19.1 Å². The maximum atomic E-state index is 12.5. The van der Waals surface area contributed by atoms with Crippen LogP contribution in [-0.4, -0.2) is 70.9 Å². The van der Waals surface area contributed by atoms with Crippen molar-refractivity contribution in [1.82, 2.24) is 19.8 Å². The number of ether oxygens (including phenoxy) is 2. The second-order valence-electron chi connectivity index (χ2n) is 12.6. The number of amides is 2. The number of nitrogens with one attached hydrogen (secondary N) is 1. The molecular formula is C32H38N6O4. The summed E-state index contributed by atoms with van der Waals surface area (Å²) in [6.45, 7) is 10.5. The van der Waals surface area contributed by atoms with Gasteiger partial charge < -0.3 is 29.2 Å². The summed E-state index contributed by atoms with van der Waals surface area (Å²) in [5, 5.41) is 13.0. The van der Waals surface area contributed by atoms with E-state index in [-0.39, 0.29) is 24.0 Å². The molecule has 1 aliphatic carbocycles. The Hall–Kier alpha value is -4.26. The summed E-state index contributed by atoms with van der Waals surface area (Å²) in [6, 6.07) is 12.9. The van der Waals surface area contributed by atoms with E-state index in [4.69, 9.17) is 14.5 Å². The molecule has 0 bridgehead atoms. The largest absolute Gasteiger partial charge is 0.488 e. The molecule has 1 N–H and O–H groups in total. The van der Waals surface area contributed by atoms with Crippen LogP contribution in [0.3, 0.4) is 0 Å². The van der Waals surface area contributed by atoms with Crippen molar-refractivity contribution in [3.63, 3.8) is 0 Å². The third kappa shape index (κ3) is 5.73. The molecule has 3 aromatic rings. The fourth-order valence-electron chi connectivity index (χ4n) is 5.81. The number of imidazole rings is 1. The number of carbonyl (C=O) groups excluding carboxylic acids is 2. The van der Waals surface area contributed by atoms with E-state index in [1.54, 1.807) is 4.90 Å². The lowest BCUT2D eigenvalue weighted by Gasteiger charge is -2.37. The number of nitrogens with zero attached hydrogens (tertiary/aromatic N) is 5. The number of piperazine rings is 1. The van der Waals surface area contributed by atoms with E-state index in [9.17, 15) is 14.9 Å². The van der Waals surface area contributed by atoms with Crippen molar-refractivity contribution in [2.24, 2.45) is 5.92 Å². The van der Waals surface area contributed by atoms with Crippen LogP contribution in [0.25, 0.3) is 22.2 Å². The van der Waals surface area contributed by atoms with Crippen LogP contribution in [0, 0.1) is 17.2 Å². The van der Waals surface area contributed by atoms with E-state index in [1.165, 1.54) is 0 Å². The molecule has 10 heteroatoms. The van der Waals surface area contributed by atoms with Gasteiger partial charge in [-0.05, 0) is 75.9 Å². The lowest BCUT2D eigenvalue weighted by molar-refractivity contribution is -0.119. The molecule has 42 heavy (non-hydrogen) atoms. The van der Waals surface area contributed by atoms with Crippen molar-refractivity contribution in [2.75, 3.05) is 37.6 Å². The van der Waals surface area contributed by atoms with Gasteiger partial charge in [0.05, 0.1) is 23.1 Å². The lowest BCUT2D eigenvalue weighted by atomic mass is 10.00. The Morgan fingerprint density at radius 2 is 1.88 bits per heavy atom. The molecule has 2 atom stereocenters. The number of fused-ring (bicyclic) bond motifs is 1. The molecule has 2 amide bonds. The summed E-state index contributed by atoms with van der Waals surface area (Å²) in [7, 11) is 0. The number of benzene rings is 2. The van der Waals surface area contributed by atoms with Crippen LogP contribution in [0.1, 0.15) is 58.6 Å². The molecule has 0 radical (unpaired) electrons. The van der Waals surface area contributed by atoms with Gasteiger partial charge in [-0.15, -0.1) is 0 Å². The van der Waals surface area contributed by atoms with Gasteiger partial charge >= 0.3 is 6.09 Å². The van der Waals surface area contributed by atoms with Crippen LogP contribution in [0.4, 0.5) is 10.5 Å². The van der Waals surface area contributed by atoms with Crippen molar-refractivity contribution >= 4 is 28.7 Å². The second-order valence-corrected chi connectivity index (χ2v) is 12.6. The Balaban J connectivity index is 1.26. The minimum absolute atomic E-state index is 0.0627. The zero-order valence-corrected chi connectivity index (χ0v) is 24.7. The van der Waals surface area contributed by atoms with Gasteiger partial charge in [-0.3, -0.25) is 4.79 Å². The van der Waals surface area contributed by atoms with Gasteiger partial charge in [0, 0.05) is 51.1 Å². The minimum atomic E-state index is -0.535. The van der Waals surface area contributed by atoms with Gasteiger partial charge in [0.15, 0.2) is 0 Å². The Morgan fingerprint density at radius 1 is 1.12 bits per heavy atom. The molecule has 220 valence electrons. The van der Waals surface area contributed by atoms with E-state index >= 15 is 0 Å². The molecule has 0 spiro atoms. The molecule has 2 aliphatic heterocycles. The zero-order valence-electron chi connectivity index (χ0n) is 24.7. The van der Waals surface area contributed by atoms with E-state index in [1.807, 2.05) is 58.3 Å². The number of aromatic nitrogens is 2. The van der Waals surface area contributed by atoms with E-state index in [0.29, 0.717) is 50.7 Å². The van der Waals surface area contributed by atoms with Gasteiger partial charge in [0.1, 0.15) is 29.0 Å². The van der Waals surface area contributed by atoms with Crippen LogP contribution >= 0.6 is 0 Å². The van der Waals surface area contributed by atoms with Crippen molar-refractivity contribution in [3.8, 4) is 22.9 Å². The first-order valence-corrected chi connectivity index (χ1v) is 14.8. The zero-order chi connectivity index (χ0) is 29.6. The van der Waals surface area contributed by atoms with Crippen molar-refractivity contribution in [1.29, 1.82) is 5.26 Å². The molecule has 3 fully saturated rings. The Labute approximate surface area is 246 Å². The maximum absolute atomic E-state index is 12.5. The monoisotopic (exact) mass is 570 g/mol. The average Bonchev–Trinajstić information content (AvgIpc) is 3.56. The van der Waals surface area contributed by atoms with Gasteiger partial charge in [0.25, 0.3) is 0 Å². The quantitative estimate of drug-likeness (QED) is 0.450. The number of anilines is 1. The highest BCUT2D eigenvalue weighted by atomic mass is 16.6. The molecule has 3 aliphatic rings. The van der Waals surface area contributed by atoms with Gasteiger partial charge in [0.2, 0.25) is 5.91 Å². The predicted molar refractivity (Wildman–Crippen MR) is 159 cm³/mol. The molecule has 1 aromatic heterocycles. The maximum Gasteiger partial charge on any atom is 0.410 e. The highest BCUT2D eigenvalue weighted by Crippen LogP contribution is 2.42. The number of carbonyl (C=O) groups is 2. The van der Waals surface area contributed by atoms with E-state index in [0.717, 1.165) is 46.4 Å². The number of rotatable bonds is 6. The summed E-state index contributed by atoms with van der Waals surface area (Å²) in [4.78, 5) is 32.9. The third-order valence-electron chi connectivity index (χ3n) is 8.28. The normalized spacial score (nSPS) is 19.9. The van der Waals surface area contributed by atoms with Crippen LogP contribution < -0.4 is 15.0 Å². The molecule has 6 rings (SSSR count). The van der Waals surface area contributed by atoms with Crippen molar-refractivity contribution in [2.45, 2.75) is 64.7 Å². The summed E-state index contributed by atoms with van der Waals surface area (Å²) in [5.74, 6) is 0.918. The Bertz CT molecular complexity index is 1560. The molecule has 3 heterocycles. The van der Waals surface area contributed by atoms with Gasteiger partial charge in [-0.25, -0.2) is 9.78 Å². The molecule has 0 unspecified atom stereocenters. The summed E-state index contributed by atoms with van der Waals surface area (Å²) < 4.78 is 14.3. The number of hydrogen-bond donors (Lipinski definition) is 1. The number of hydrogen-bond acceptors (Lipinski definition) is 7. The smallest absolute Gasteiger partial charge is 0.410 e. The van der Waals surface area contributed by atoms with Crippen LogP contribution in [0.2, 0.25) is 0 Å². The summed E-state index contributed by atoms with van der Waals surface area (Å²) >= 11 is 0. The molecule has 2 saturated heterocycles. The number of nitriles is 1. The lowest BCUT2D eigenvalue weighted by Crippen LogP contribution is -2.50. The Morgan fingerprint density at radius 3 is 2.52 bits per heavy atom. The van der Waals surface area contributed by atoms with Crippen LogP contribution in [0.5, 0.6) is 5.75 Å². The first-order chi connectivity index (χ1) is 20.1. The highest BCUT2D eigenvalue weighted by Gasteiger charge is 2.31.